The van der Waals surface area contributed by atoms with E-state index in [1.54, 1.807) is 10.6 Å². The second kappa shape index (κ2) is 8.98. The smallest absolute Gasteiger partial charge is 0.270 e. The summed E-state index contributed by atoms with van der Waals surface area (Å²) in [4.78, 5) is 17.7. The topological polar surface area (TPSA) is 60.1 Å². The van der Waals surface area contributed by atoms with E-state index in [0.717, 1.165) is 48.3 Å². The lowest BCUT2D eigenvalue weighted by molar-refractivity contribution is 0.0619. The zero-order valence-electron chi connectivity index (χ0n) is 19.8. The molecule has 2 aromatic carbocycles. The van der Waals surface area contributed by atoms with E-state index < -0.39 is 11.6 Å². The lowest BCUT2D eigenvalue weighted by Gasteiger charge is -2.35. The van der Waals surface area contributed by atoms with E-state index in [9.17, 15) is 13.6 Å². The molecule has 1 saturated heterocycles. The molecule has 0 spiro atoms. The summed E-state index contributed by atoms with van der Waals surface area (Å²) in [5, 5.41) is 0. The number of nitrogens with zero attached hydrogens (tertiary/aromatic N) is 3. The van der Waals surface area contributed by atoms with Crippen molar-refractivity contribution in [3.8, 4) is 11.5 Å². The summed E-state index contributed by atoms with van der Waals surface area (Å²) >= 11 is 0. The highest BCUT2D eigenvalue weighted by Gasteiger charge is 2.27. The minimum Gasteiger partial charge on any atom is -0.460 e. The largest absolute Gasteiger partial charge is 0.460 e. The maximum absolute atomic E-state index is 13.8. The van der Waals surface area contributed by atoms with Crippen molar-refractivity contribution < 1.29 is 27.5 Å². The summed E-state index contributed by atoms with van der Waals surface area (Å²) in [5.74, 6) is 0.805. The Bertz CT molecular complexity index is 1430. The molecule has 0 N–H and O–H groups in total. The van der Waals surface area contributed by atoms with E-state index in [4.69, 9.17) is 13.9 Å². The molecule has 0 saturated carbocycles. The second-order valence-electron chi connectivity index (χ2n) is 9.26. The predicted molar refractivity (Wildman–Crippen MR) is 128 cm³/mol. The van der Waals surface area contributed by atoms with Gasteiger partial charge in [0, 0.05) is 57.5 Å². The first kappa shape index (κ1) is 22.6. The molecule has 186 valence electrons. The number of carbonyl (C=O) groups excluding carboxylic acids is 1. The third kappa shape index (κ3) is 4.30. The van der Waals surface area contributed by atoms with Gasteiger partial charge in [-0.25, -0.2) is 8.78 Å². The van der Waals surface area contributed by atoms with E-state index in [1.165, 1.54) is 12.1 Å². The molecule has 2 aliphatic heterocycles. The first-order valence-electron chi connectivity index (χ1n) is 11.9. The number of ether oxygens (including phenoxy) is 2. The number of hydrogen-bond acceptors (Lipinski definition) is 5. The van der Waals surface area contributed by atoms with Gasteiger partial charge >= 0.3 is 0 Å². The Hall–Kier alpha value is -3.85. The molecule has 1 amide bonds. The number of carbonyl (C=O) groups is 1. The molecular formula is C27H25F2N3O4. The van der Waals surface area contributed by atoms with Gasteiger partial charge in [0.15, 0.2) is 17.1 Å². The number of fused-ring (bicyclic) bond motifs is 2. The lowest BCUT2D eigenvalue weighted by atomic mass is 10.1. The lowest BCUT2D eigenvalue weighted by Crippen LogP contribution is -2.48. The Labute approximate surface area is 206 Å². The highest BCUT2D eigenvalue weighted by molar-refractivity contribution is 5.97. The van der Waals surface area contributed by atoms with Crippen LogP contribution in [0.4, 0.5) is 8.78 Å². The Morgan fingerprint density at radius 1 is 0.861 bits per heavy atom. The molecule has 6 rings (SSSR count). The molecule has 36 heavy (non-hydrogen) atoms. The monoisotopic (exact) mass is 493 g/mol. The van der Waals surface area contributed by atoms with Crippen LogP contribution < -0.4 is 9.47 Å². The molecule has 2 aliphatic rings. The minimum atomic E-state index is -0.650. The maximum atomic E-state index is 13.8. The van der Waals surface area contributed by atoms with Gasteiger partial charge in [0.25, 0.3) is 5.91 Å². The van der Waals surface area contributed by atoms with Gasteiger partial charge in [0.05, 0.1) is 5.52 Å². The number of aromatic nitrogens is 1. The van der Waals surface area contributed by atoms with E-state index in [1.807, 2.05) is 36.1 Å². The standard InChI is InChI=1S/C27H25F2N3O4/c1-17-8-22-25(36-17)13-23(32(22)15-19-9-20(28)12-21(29)10-19)27(33)31-6-4-30(5-7-31)14-18-2-3-24-26(11-18)35-16-34-24/h2-3,8-13H,4-7,14-16H2,1H3. The Morgan fingerprint density at radius 2 is 1.61 bits per heavy atom. The highest BCUT2D eigenvalue weighted by Crippen LogP contribution is 2.33. The number of furan rings is 1. The van der Waals surface area contributed by atoms with Gasteiger partial charge in [-0.3, -0.25) is 9.69 Å². The summed E-state index contributed by atoms with van der Waals surface area (Å²) in [6.45, 7) is 5.59. The third-order valence-corrected chi connectivity index (χ3v) is 6.70. The van der Waals surface area contributed by atoms with Gasteiger partial charge in [-0.1, -0.05) is 6.07 Å². The zero-order valence-corrected chi connectivity index (χ0v) is 19.8. The number of rotatable bonds is 5. The Balaban J connectivity index is 1.18. The number of amides is 1. The van der Waals surface area contributed by atoms with Gasteiger partial charge in [0.1, 0.15) is 23.1 Å². The van der Waals surface area contributed by atoms with E-state index in [0.29, 0.717) is 35.7 Å². The van der Waals surface area contributed by atoms with Crippen molar-refractivity contribution in [2.45, 2.75) is 20.0 Å². The van der Waals surface area contributed by atoms with Crippen LogP contribution in [-0.4, -0.2) is 53.2 Å². The Morgan fingerprint density at radius 3 is 2.39 bits per heavy atom. The number of benzene rings is 2. The summed E-state index contributed by atoms with van der Waals surface area (Å²) < 4.78 is 46.0. The Kier molecular flexibility index (Phi) is 5.64. The van der Waals surface area contributed by atoms with E-state index >= 15 is 0 Å². The van der Waals surface area contributed by atoms with Crippen molar-refractivity contribution >= 4 is 17.0 Å². The van der Waals surface area contributed by atoms with Crippen LogP contribution in [-0.2, 0) is 13.1 Å². The van der Waals surface area contributed by atoms with Crippen molar-refractivity contribution in [1.29, 1.82) is 0 Å². The van der Waals surface area contributed by atoms with Crippen LogP contribution in [0.25, 0.3) is 11.1 Å². The van der Waals surface area contributed by atoms with Gasteiger partial charge < -0.3 is 23.4 Å². The van der Waals surface area contributed by atoms with Gasteiger partial charge in [-0.2, -0.15) is 0 Å². The molecule has 7 nitrogen and oxygen atoms in total. The molecule has 9 heteroatoms. The van der Waals surface area contributed by atoms with Crippen LogP contribution in [0.1, 0.15) is 27.4 Å². The number of piperazine rings is 1. The molecule has 0 unspecified atom stereocenters. The van der Waals surface area contributed by atoms with Crippen LogP contribution in [0.15, 0.2) is 52.9 Å². The fraction of sp³-hybridized carbons (Fsp3) is 0.296. The number of hydrogen-bond donors (Lipinski definition) is 0. The molecule has 0 atom stereocenters. The van der Waals surface area contributed by atoms with Crippen LogP contribution in [0.2, 0.25) is 0 Å². The number of halogens is 2. The third-order valence-electron chi connectivity index (χ3n) is 6.70. The first-order valence-corrected chi connectivity index (χ1v) is 11.9. The van der Waals surface area contributed by atoms with Gasteiger partial charge in [0.2, 0.25) is 6.79 Å². The maximum Gasteiger partial charge on any atom is 0.270 e. The molecule has 0 bridgehead atoms. The normalized spacial score (nSPS) is 15.7. The zero-order chi connectivity index (χ0) is 24.8. The molecule has 0 radical (unpaired) electrons. The summed E-state index contributed by atoms with van der Waals surface area (Å²) in [5.41, 5.74) is 3.31. The van der Waals surface area contributed by atoms with Crippen LogP contribution in [0, 0.1) is 18.6 Å². The molecule has 0 aliphatic carbocycles. The van der Waals surface area contributed by atoms with Crippen LogP contribution in [0.5, 0.6) is 11.5 Å². The van der Waals surface area contributed by atoms with Gasteiger partial charge in [-0.05, 0) is 42.3 Å². The van der Waals surface area contributed by atoms with Crippen molar-refractivity contribution in [2.75, 3.05) is 33.0 Å². The fourth-order valence-corrected chi connectivity index (χ4v) is 4.97. The number of aryl methyl sites for hydroxylation is 1. The summed E-state index contributed by atoms with van der Waals surface area (Å²) in [6.07, 6.45) is 0. The molecule has 2 aromatic heterocycles. The van der Waals surface area contributed by atoms with Crippen molar-refractivity contribution in [1.82, 2.24) is 14.4 Å². The second-order valence-corrected chi connectivity index (χ2v) is 9.26. The minimum absolute atomic E-state index is 0.126. The van der Waals surface area contributed by atoms with Crippen molar-refractivity contribution in [2.24, 2.45) is 0 Å². The predicted octanol–water partition coefficient (Wildman–Crippen LogP) is 4.56. The van der Waals surface area contributed by atoms with Crippen molar-refractivity contribution in [3.63, 3.8) is 0 Å². The SMILES string of the molecule is Cc1cc2c(cc(C(=O)N3CCN(Cc4ccc5c(c4)OCO5)CC3)n2Cc2cc(F)cc(F)c2)o1. The van der Waals surface area contributed by atoms with Crippen LogP contribution in [0.3, 0.4) is 0 Å². The van der Waals surface area contributed by atoms with Crippen molar-refractivity contribution in [3.05, 3.63) is 82.7 Å². The highest BCUT2D eigenvalue weighted by atomic mass is 19.1. The average molecular weight is 494 g/mol. The van der Waals surface area contributed by atoms with Crippen LogP contribution >= 0.6 is 0 Å². The van der Waals surface area contributed by atoms with E-state index in [2.05, 4.69) is 4.90 Å². The molecule has 4 aromatic rings. The molecular weight excluding hydrogens is 468 g/mol. The van der Waals surface area contributed by atoms with E-state index in [-0.39, 0.29) is 19.2 Å². The summed E-state index contributed by atoms with van der Waals surface area (Å²) in [6, 6.07) is 12.9. The van der Waals surface area contributed by atoms with Gasteiger partial charge in [-0.15, -0.1) is 0 Å². The first-order chi connectivity index (χ1) is 17.4. The molecule has 1 fully saturated rings. The summed E-state index contributed by atoms with van der Waals surface area (Å²) in [7, 11) is 0. The average Bonchev–Trinajstić information content (AvgIpc) is 3.53. The molecule has 4 heterocycles. The quantitative estimate of drug-likeness (QED) is 0.408. The fourth-order valence-electron chi connectivity index (χ4n) is 4.97.